The first kappa shape index (κ1) is 23.2. The van der Waals surface area contributed by atoms with Crippen molar-refractivity contribution in [2.45, 2.75) is 72.8 Å². The SMILES string of the molecule is CCC(CC)(CO)CN=C(N)NC(C)CCCC(C)C.I. The van der Waals surface area contributed by atoms with Crippen LogP contribution in [-0.2, 0) is 0 Å². The van der Waals surface area contributed by atoms with Crippen LogP contribution in [0.1, 0.15) is 66.7 Å². The van der Waals surface area contributed by atoms with Gasteiger partial charge in [0, 0.05) is 11.5 Å². The Hall–Kier alpha value is -0.0400. The molecule has 4 nitrogen and oxygen atoms in total. The van der Waals surface area contributed by atoms with E-state index in [4.69, 9.17) is 5.73 Å². The van der Waals surface area contributed by atoms with E-state index in [1.54, 1.807) is 0 Å². The van der Waals surface area contributed by atoms with Crippen molar-refractivity contribution in [1.82, 2.24) is 5.32 Å². The van der Waals surface area contributed by atoms with Crippen LogP contribution in [0.4, 0.5) is 0 Å². The Labute approximate surface area is 148 Å². The van der Waals surface area contributed by atoms with Crippen LogP contribution in [-0.4, -0.2) is 30.3 Å². The van der Waals surface area contributed by atoms with Crippen molar-refractivity contribution in [3.8, 4) is 0 Å². The molecule has 0 bridgehead atoms. The lowest BCUT2D eigenvalue weighted by Gasteiger charge is -2.27. The number of hydrogen-bond acceptors (Lipinski definition) is 2. The van der Waals surface area contributed by atoms with Crippen LogP contribution in [0.5, 0.6) is 0 Å². The van der Waals surface area contributed by atoms with Crippen molar-refractivity contribution < 1.29 is 5.11 Å². The zero-order chi connectivity index (χ0) is 15.6. The van der Waals surface area contributed by atoms with Crippen LogP contribution in [0.2, 0.25) is 0 Å². The van der Waals surface area contributed by atoms with Gasteiger partial charge in [0.15, 0.2) is 5.96 Å². The van der Waals surface area contributed by atoms with Crippen molar-refractivity contribution >= 4 is 29.9 Å². The summed E-state index contributed by atoms with van der Waals surface area (Å²) in [5.74, 6) is 1.26. The van der Waals surface area contributed by atoms with Crippen LogP contribution in [0.25, 0.3) is 0 Å². The molecule has 0 rings (SSSR count). The van der Waals surface area contributed by atoms with Gasteiger partial charge >= 0.3 is 0 Å². The number of halogens is 1. The number of rotatable bonds is 10. The molecule has 0 amide bonds. The molecular weight excluding hydrogens is 377 g/mol. The van der Waals surface area contributed by atoms with E-state index in [1.165, 1.54) is 12.8 Å². The third-order valence-electron chi connectivity index (χ3n) is 4.23. The van der Waals surface area contributed by atoms with Gasteiger partial charge in [0.2, 0.25) is 0 Å². The van der Waals surface area contributed by atoms with E-state index in [1.807, 2.05) is 0 Å². The Balaban J connectivity index is 0. The lowest BCUT2D eigenvalue weighted by Crippen LogP contribution is -2.39. The number of hydrogen-bond donors (Lipinski definition) is 3. The van der Waals surface area contributed by atoms with Crippen molar-refractivity contribution in [3.63, 3.8) is 0 Å². The molecule has 5 heteroatoms. The van der Waals surface area contributed by atoms with Gasteiger partial charge in [0.1, 0.15) is 0 Å². The molecule has 0 aromatic rings. The summed E-state index contributed by atoms with van der Waals surface area (Å²) >= 11 is 0. The molecular formula is C16H36IN3O. The van der Waals surface area contributed by atoms with Gasteiger partial charge < -0.3 is 16.2 Å². The van der Waals surface area contributed by atoms with Crippen LogP contribution >= 0.6 is 24.0 Å². The maximum atomic E-state index is 9.51. The quantitative estimate of drug-likeness (QED) is 0.292. The summed E-state index contributed by atoms with van der Waals surface area (Å²) in [6.45, 7) is 11.6. The second kappa shape index (κ2) is 12.5. The largest absolute Gasteiger partial charge is 0.396 e. The summed E-state index contributed by atoms with van der Waals surface area (Å²) in [5, 5.41) is 12.8. The standard InChI is InChI=1S/C16H35N3O.HI/c1-6-16(7-2,12-20)11-18-15(17)19-14(5)10-8-9-13(3)4;/h13-14,20H,6-12H2,1-5H3,(H3,17,18,19);1H. The molecule has 0 aromatic heterocycles. The fourth-order valence-corrected chi connectivity index (χ4v) is 2.20. The Morgan fingerprint density at radius 3 is 2.19 bits per heavy atom. The van der Waals surface area contributed by atoms with E-state index in [2.05, 4.69) is 44.9 Å². The molecule has 0 spiro atoms. The van der Waals surface area contributed by atoms with E-state index in [0.29, 0.717) is 18.5 Å². The molecule has 0 aliphatic carbocycles. The molecule has 0 heterocycles. The van der Waals surface area contributed by atoms with E-state index in [-0.39, 0.29) is 36.0 Å². The number of aliphatic hydroxyl groups is 1. The molecule has 0 radical (unpaired) electrons. The third-order valence-corrected chi connectivity index (χ3v) is 4.23. The van der Waals surface area contributed by atoms with Gasteiger partial charge in [-0.3, -0.25) is 4.99 Å². The van der Waals surface area contributed by atoms with E-state index < -0.39 is 0 Å². The maximum Gasteiger partial charge on any atom is 0.188 e. The molecule has 21 heavy (non-hydrogen) atoms. The second-order valence-corrected chi connectivity index (χ2v) is 6.44. The molecule has 128 valence electrons. The molecule has 0 saturated carbocycles. The van der Waals surface area contributed by atoms with E-state index >= 15 is 0 Å². The van der Waals surface area contributed by atoms with Crippen molar-refractivity contribution in [3.05, 3.63) is 0 Å². The summed E-state index contributed by atoms with van der Waals surface area (Å²) in [4.78, 5) is 4.42. The summed E-state index contributed by atoms with van der Waals surface area (Å²) in [6, 6.07) is 0.351. The Morgan fingerprint density at radius 2 is 1.76 bits per heavy atom. The molecule has 1 unspecified atom stereocenters. The van der Waals surface area contributed by atoms with Crippen molar-refractivity contribution in [2.24, 2.45) is 22.1 Å². The highest BCUT2D eigenvalue weighted by molar-refractivity contribution is 14.0. The van der Waals surface area contributed by atoms with Gasteiger partial charge in [0.05, 0.1) is 13.2 Å². The molecule has 0 aromatic carbocycles. The number of guanidine groups is 1. The van der Waals surface area contributed by atoms with Gasteiger partial charge in [0.25, 0.3) is 0 Å². The Morgan fingerprint density at radius 1 is 1.19 bits per heavy atom. The van der Waals surface area contributed by atoms with Crippen LogP contribution in [0.3, 0.4) is 0 Å². The van der Waals surface area contributed by atoms with Gasteiger partial charge in [-0.15, -0.1) is 24.0 Å². The molecule has 0 fully saturated rings. The van der Waals surface area contributed by atoms with Gasteiger partial charge in [-0.2, -0.15) is 0 Å². The number of aliphatic imine (C=N–C) groups is 1. The molecule has 4 N–H and O–H groups in total. The minimum Gasteiger partial charge on any atom is -0.396 e. The lowest BCUT2D eigenvalue weighted by molar-refractivity contribution is 0.123. The zero-order valence-corrected chi connectivity index (χ0v) is 16.8. The summed E-state index contributed by atoms with van der Waals surface area (Å²) in [5.41, 5.74) is 5.82. The Kier molecular flexibility index (Phi) is 13.8. The van der Waals surface area contributed by atoms with Gasteiger partial charge in [-0.05, 0) is 32.1 Å². The first-order valence-electron chi connectivity index (χ1n) is 8.06. The van der Waals surface area contributed by atoms with Gasteiger partial charge in [-0.1, -0.05) is 40.5 Å². The van der Waals surface area contributed by atoms with Crippen LogP contribution in [0.15, 0.2) is 4.99 Å². The first-order valence-corrected chi connectivity index (χ1v) is 8.06. The molecule has 0 aliphatic rings. The van der Waals surface area contributed by atoms with Crippen molar-refractivity contribution in [1.29, 1.82) is 0 Å². The zero-order valence-electron chi connectivity index (χ0n) is 14.5. The number of nitrogens with one attached hydrogen (secondary N) is 1. The topological polar surface area (TPSA) is 70.6 Å². The average Bonchev–Trinajstić information content (AvgIpc) is 2.40. The molecule has 0 aliphatic heterocycles. The fourth-order valence-electron chi connectivity index (χ4n) is 2.20. The Bertz CT molecular complexity index is 270. The normalized spacial score (nSPS) is 14.0. The predicted molar refractivity (Wildman–Crippen MR) is 103 cm³/mol. The monoisotopic (exact) mass is 413 g/mol. The first-order chi connectivity index (χ1) is 9.39. The smallest absolute Gasteiger partial charge is 0.188 e. The maximum absolute atomic E-state index is 9.51. The summed E-state index contributed by atoms with van der Waals surface area (Å²) < 4.78 is 0. The average molecular weight is 413 g/mol. The lowest BCUT2D eigenvalue weighted by atomic mass is 9.83. The number of nitrogens with two attached hydrogens (primary N) is 1. The van der Waals surface area contributed by atoms with Crippen LogP contribution in [0, 0.1) is 11.3 Å². The van der Waals surface area contributed by atoms with Gasteiger partial charge in [-0.25, -0.2) is 0 Å². The van der Waals surface area contributed by atoms with E-state index in [0.717, 1.165) is 25.2 Å². The highest BCUT2D eigenvalue weighted by atomic mass is 127. The third kappa shape index (κ3) is 10.3. The highest BCUT2D eigenvalue weighted by Crippen LogP contribution is 2.25. The summed E-state index contributed by atoms with van der Waals surface area (Å²) in [6.07, 6.45) is 5.41. The number of aliphatic hydroxyl groups excluding tert-OH is 1. The highest BCUT2D eigenvalue weighted by Gasteiger charge is 2.24. The van der Waals surface area contributed by atoms with E-state index in [9.17, 15) is 5.11 Å². The molecule has 1 atom stereocenters. The molecule has 0 saturated heterocycles. The summed E-state index contributed by atoms with van der Waals surface area (Å²) in [7, 11) is 0. The number of nitrogens with zero attached hydrogens (tertiary/aromatic N) is 1. The fraction of sp³-hybridized carbons (Fsp3) is 0.938. The second-order valence-electron chi connectivity index (χ2n) is 6.44. The van der Waals surface area contributed by atoms with Crippen molar-refractivity contribution in [2.75, 3.05) is 13.2 Å². The predicted octanol–water partition coefficient (Wildman–Crippen LogP) is 3.52. The minimum atomic E-state index is -0.118. The minimum absolute atomic E-state index is 0. The van der Waals surface area contributed by atoms with Crippen LogP contribution < -0.4 is 11.1 Å².